The van der Waals surface area contributed by atoms with Crippen LogP contribution in [0.15, 0.2) is 119 Å². The van der Waals surface area contributed by atoms with E-state index in [2.05, 4.69) is 20.6 Å². The number of aliphatic hydroxyl groups excluding tert-OH is 1. The number of amides is 2. The number of nitrogens with zero attached hydrogens (tertiary/aromatic N) is 3. The number of rotatable bonds is 13. The van der Waals surface area contributed by atoms with Gasteiger partial charge in [0.25, 0.3) is 5.56 Å². The second-order valence-corrected chi connectivity index (χ2v) is 11.8. The van der Waals surface area contributed by atoms with Crippen LogP contribution >= 0.6 is 0 Å². The minimum Gasteiger partial charge on any atom is -0.497 e. The Balaban J connectivity index is 1.29. The van der Waals surface area contributed by atoms with Crippen molar-refractivity contribution in [3.63, 3.8) is 0 Å². The van der Waals surface area contributed by atoms with Crippen molar-refractivity contribution in [1.29, 1.82) is 0 Å². The average Bonchev–Trinajstić information content (AvgIpc) is 3.62. The third-order valence-corrected chi connectivity index (χ3v) is 8.23. The van der Waals surface area contributed by atoms with Gasteiger partial charge in [-0.15, -0.1) is 0 Å². The highest BCUT2D eigenvalue weighted by atomic mass is 16.5. The first kappa shape index (κ1) is 36.0. The van der Waals surface area contributed by atoms with E-state index < -0.39 is 42.2 Å². The van der Waals surface area contributed by atoms with E-state index in [1.165, 1.54) is 38.6 Å². The standard InChI is InChI=1S/C39H35N5O9/c1-50-28-15-9-14-26(19-28)35-40-21-31(43-39(49)52-23-25-12-7-4-8-13-25)37(47)44(35)22-33(45)41-30(18-24-10-5-3-6-11-24)34(46)36-42-29-20-27(38(48)51-2)16-17-32(29)53-36/h3-17,19-21,30,34,46H,18,22-23H2,1-2H3,(H,41,45)(H,43,49). The van der Waals surface area contributed by atoms with Gasteiger partial charge in [0.05, 0.1) is 32.0 Å². The molecule has 0 saturated heterocycles. The number of hydrogen-bond acceptors (Lipinski definition) is 11. The number of ether oxygens (including phenoxy) is 3. The van der Waals surface area contributed by atoms with Crippen LogP contribution in [0.4, 0.5) is 10.5 Å². The van der Waals surface area contributed by atoms with Gasteiger partial charge in [0.2, 0.25) is 11.8 Å². The zero-order valence-electron chi connectivity index (χ0n) is 28.7. The molecule has 2 heterocycles. The number of hydrogen-bond donors (Lipinski definition) is 3. The summed E-state index contributed by atoms with van der Waals surface area (Å²) in [7, 11) is 2.76. The van der Waals surface area contributed by atoms with Gasteiger partial charge in [-0.25, -0.2) is 19.6 Å². The number of nitrogens with one attached hydrogen (secondary N) is 2. The molecule has 14 nitrogen and oxygen atoms in total. The Kier molecular flexibility index (Phi) is 11.2. The number of methoxy groups -OCH3 is 2. The molecule has 0 aliphatic rings. The third-order valence-electron chi connectivity index (χ3n) is 8.23. The summed E-state index contributed by atoms with van der Waals surface area (Å²) in [6, 6.07) is 28.5. The zero-order valence-corrected chi connectivity index (χ0v) is 28.7. The molecule has 2 amide bonds. The summed E-state index contributed by atoms with van der Waals surface area (Å²) in [5.74, 6) is -0.715. The van der Waals surface area contributed by atoms with Gasteiger partial charge in [0, 0.05) is 5.56 Å². The molecule has 0 aliphatic heterocycles. The Morgan fingerprint density at radius 2 is 1.64 bits per heavy atom. The van der Waals surface area contributed by atoms with E-state index in [-0.39, 0.29) is 36.0 Å². The lowest BCUT2D eigenvalue weighted by molar-refractivity contribution is -0.123. The van der Waals surface area contributed by atoms with Crippen LogP contribution in [0, 0.1) is 0 Å². The molecule has 0 fully saturated rings. The van der Waals surface area contributed by atoms with Crippen molar-refractivity contribution in [3.05, 3.63) is 142 Å². The van der Waals surface area contributed by atoms with Crippen molar-refractivity contribution < 1.29 is 38.1 Å². The monoisotopic (exact) mass is 717 g/mol. The highest BCUT2D eigenvalue weighted by Crippen LogP contribution is 2.26. The van der Waals surface area contributed by atoms with Crippen molar-refractivity contribution in [1.82, 2.24) is 19.9 Å². The number of aliphatic hydroxyl groups is 1. The molecule has 0 bridgehead atoms. The van der Waals surface area contributed by atoms with Gasteiger partial charge in [-0.05, 0) is 47.9 Å². The molecule has 6 rings (SSSR count). The van der Waals surface area contributed by atoms with Crippen LogP contribution in [0.1, 0.15) is 33.5 Å². The molecule has 3 N–H and O–H groups in total. The van der Waals surface area contributed by atoms with Crippen LogP contribution in [-0.2, 0) is 33.8 Å². The van der Waals surface area contributed by atoms with Crippen molar-refractivity contribution >= 4 is 34.8 Å². The number of fused-ring (bicyclic) bond motifs is 1. The van der Waals surface area contributed by atoms with E-state index in [0.717, 1.165) is 15.7 Å². The SMILES string of the molecule is COC(=O)c1ccc2oc(C(O)C(Cc3ccccc3)NC(=O)Cn3c(-c4cccc(OC)c4)ncc(NC(=O)OCc4ccccc4)c3=O)nc2c1. The van der Waals surface area contributed by atoms with E-state index in [1.807, 2.05) is 36.4 Å². The van der Waals surface area contributed by atoms with E-state index in [1.54, 1.807) is 48.5 Å². The number of anilines is 1. The number of esters is 1. The van der Waals surface area contributed by atoms with Gasteiger partial charge >= 0.3 is 12.1 Å². The molecule has 6 aromatic rings. The van der Waals surface area contributed by atoms with Gasteiger partial charge < -0.3 is 29.1 Å². The Hall–Kier alpha value is -6.80. The second kappa shape index (κ2) is 16.5. The maximum Gasteiger partial charge on any atom is 0.412 e. The minimum atomic E-state index is -1.45. The first-order valence-corrected chi connectivity index (χ1v) is 16.4. The summed E-state index contributed by atoms with van der Waals surface area (Å²) in [4.78, 5) is 61.4. The molecule has 2 atom stereocenters. The Morgan fingerprint density at radius 1 is 0.906 bits per heavy atom. The number of aromatic nitrogens is 3. The van der Waals surface area contributed by atoms with E-state index >= 15 is 0 Å². The molecule has 53 heavy (non-hydrogen) atoms. The molecule has 4 aromatic carbocycles. The highest BCUT2D eigenvalue weighted by Gasteiger charge is 2.29. The lowest BCUT2D eigenvalue weighted by Crippen LogP contribution is -2.44. The van der Waals surface area contributed by atoms with Gasteiger partial charge in [-0.3, -0.25) is 19.5 Å². The summed E-state index contributed by atoms with van der Waals surface area (Å²) in [6.45, 7) is -0.586. The van der Waals surface area contributed by atoms with Crippen molar-refractivity contribution in [2.24, 2.45) is 0 Å². The summed E-state index contributed by atoms with van der Waals surface area (Å²) in [5, 5.41) is 16.9. The van der Waals surface area contributed by atoms with Crippen LogP contribution in [-0.4, -0.2) is 57.9 Å². The molecule has 270 valence electrons. The van der Waals surface area contributed by atoms with Crippen LogP contribution in [0.5, 0.6) is 5.75 Å². The molecule has 2 aromatic heterocycles. The molecular formula is C39H35N5O9. The Morgan fingerprint density at radius 3 is 2.36 bits per heavy atom. The highest BCUT2D eigenvalue weighted by molar-refractivity contribution is 5.93. The van der Waals surface area contributed by atoms with Crippen LogP contribution < -0.4 is 20.9 Å². The molecule has 2 unspecified atom stereocenters. The number of oxazole rings is 1. The molecule has 14 heteroatoms. The average molecular weight is 718 g/mol. The van der Waals surface area contributed by atoms with Crippen LogP contribution in [0.3, 0.4) is 0 Å². The van der Waals surface area contributed by atoms with Gasteiger partial charge in [0.15, 0.2) is 11.7 Å². The van der Waals surface area contributed by atoms with Crippen molar-refractivity contribution in [2.75, 3.05) is 19.5 Å². The second-order valence-electron chi connectivity index (χ2n) is 11.8. The summed E-state index contributed by atoms with van der Waals surface area (Å²) in [6.07, 6.45) is -0.991. The van der Waals surface area contributed by atoms with Crippen molar-refractivity contribution in [2.45, 2.75) is 31.7 Å². The summed E-state index contributed by atoms with van der Waals surface area (Å²) < 4.78 is 22.4. The van der Waals surface area contributed by atoms with Gasteiger partial charge in [-0.2, -0.15) is 0 Å². The minimum absolute atomic E-state index is 0.0315. The predicted octanol–water partition coefficient (Wildman–Crippen LogP) is 5.06. The largest absolute Gasteiger partial charge is 0.497 e. The molecule has 0 aliphatic carbocycles. The van der Waals surface area contributed by atoms with Crippen LogP contribution in [0.25, 0.3) is 22.5 Å². The predicted molar refractivity (Wildman–Crippen MR) is 193 cm³/mol. The topological polar surface area (TPSA) is 184 Å². The normalized spacial score (nSPS) is 12.1. The number of benzene rings is 4. The zero-order chi connectivity index (χ0) is 37.3. The Labute approximate surface area is 303 Å². The first-order chi connectivity index (χ1) is 25.7. The number of carbonyl (C=O) groups excluding carboxylic acids is 3. The van der Waals surface area contributed by atoms with E-state index in [0.29, 0.717) is 22.4 Å². The Bertz CT molecular complexity index is 2290. The molecule has 0 spiro atoms. The fraction of sp³-hybridized carbons (Fsp3) is 0.179. The molecular weight excluding hydrogens is 682 g/mol. The smallest absolute Gasteiger partial charge is 0.412 e. The van der Waals surface area contributed by atoms with Gasteiger partial charge in [0.1, 0.15) is 35.9 Å². The van der Waals surface area contributed by atoms with Gasteiger partial charge in [-0.1, -0.05) is 72.8 Å². The molecule has 0 radical (unpaired) electrons. The lowest BCUT2D eigenvalue weighted by Gasteiger charge is -2.23. The summed E-state index contributed by atoms with van der Waals surface area (Å²) in [5.41, 5.74) is 1.91. The van der Waals surface area contributed by atoms with E-state index in [9.17, 15) is 24.3 Å². The fourth-order valence-electron chi connectivity index (χ4n) is 5.58. The summed E-state index contributed by atoms with van der Waals surface area (Å²) >= 11 is 0. The third kappa shape index (κ3) is 8.75. The van der Waals surface area contributed by atoms with Crippen LogP contribution in [0.2, 0.25) is 0 Å². The maximum atomic E-state index is 13.9. The quantitative estimate of drug-likeness (QED) is 0.136. The van der Waals surface area contributed by atoms with E-state index in [4.69, 9.17) is 18.6 Å². The molecule has 0 saturated carbocycles. The first-order valence-electron chi connectivity index (χ1n) is 16.4. The van der Waals surface area contributed by atoms with Crippen molar-refractivity contribution in [3.8, 4) is 17.1 Å². The fourth-order valence-corrected chi connectivity index (χ4v) is 5.58. The lowest BCUT2D eigenvalue weighted by atomic mass is 10.0. The number of carbonyl (C=O) groups is 3. The maximum absolute atomic E-state index is 13.9.